The Morgan fingerprint density at radius 2 is 2.12 bits per heavy atom. The van der Waals surface area contributed by atoms with E-state index in [0.29, 0.717) is 9.92 Å². The topological polar surface area (TPSA) is 23.8 Å². The van der Waals surface area contributed by atoms with Gasteiger partial charge in [-0.25, -0.2) is 0 Å². The highest BCUT2D eigenvalue weighted by Gasteiger charge is 2.39. The van der Waals surface area contributed by atoms with Crippen LogP contribution in [-0.2, 0) is 0 Å². The fourth-order valence-corrected chi connectivity index (χ4v) is 2.20. The molecule has 0 aliphatic carbocycles. The van der Waals surface area contributed by atoms with Gasteiger partial charge in [-0.3, -0.25) is 0 Å². The molecule has 6 heteroatoms. The lowest BCUT2D eigenvalue weighted by Gasteiger charge is -2.12. The van der Waals surface area contributed by atoms with Crippen LogP contribution in [0.15, 0.2) is 29.2 Å². The van der Waals surface area contributed by atoms with Gasteiger partial charge in [0.25, 0.3) is 0 Å². The van der Waals surface area contributed by atoms with Gasteiger partial charge in [-0.2, -0.15) is 18.4 Å². The highest BCUT2D eigenvalue weighted by Crippen LogP contribution is 2.31. The smallest absolute Gasteiger partial charge is 0.198 e. The third-order valence-corrected chi connectivity index (χ3v) is 3.09. The summed E-state index contributed by atoms with van der Waals surface area (Å²) in [5.41, 5.74) is 0. The van der Waals surface area contributed by atoms with Crippen molar-refractivity contribution in [3.05, 3.63) is 29.3 Å². The summed E-state index contributed by atoms with van der Waals surface area (Å²) in [7, 11) is 0. The Balaban J connectivity index is 2.61. The Morgan fingerprint density at radius 3 is 2.62 bits per heavy atom. The highest BCUT2D eigenvalue weighted by molar-refractivity contribution is 7.99. The maximum Gasteiger partial charge on any atom is 0.405 e. The van der Waals surface area contributed by atoms with Gasteiger partial charge >= 0.3 is 6.18 Å². The molecular formula is C10H7ClF3NS. The lowest BCUT2D eigenvalue weighted by Crippen LogP contribution is -2.23. The number of halogens is 4. The van der Waals surface area contributed by atoms with Crippen LogP contribution in [0.4, 0.5) is 13.2 Å². The monoisotopic (exact) mass is 265 g/mol. The average Bonchev–Trinajstić information content (AvgIpc) is 2.16. The van der Waals surface area contributed by atoms with E-state index in [1.807, 2.05) is 0 Å². The molecule has 16 heavy (non-hydrogen) atoms. The molecule has 0 radical (unpaired) electrons. The first-order valence-corrected chi connectivity index (χ1v) is 5.64. The van der Waals surface area contributed by atoms with Crippen LogP contribution in [0.25, 0.3) is 0 Å². The number of hydrogen-bond donors (Lipinski definition) is 0. The Hall–Kier alpha value is -0.860. The molecule has 0 aromatic heterocycles. The fraction of sp³-hybridized carbons (Fsp3) is 0.300. The standard InChI is InChI=1S/C10H7ClF3NS/c11-8-2-1-3-9(4-8)16-6-7(5-15)10(12,13)14/h1-4,7H,6H2. The van der Waals surface area contributed by atoms with Crippen LogP contribution in [-0.4, -0.2) is 11.9 Å². The number of alkyl halides is 3. The summed E-state index contributed by atoms with van der Waals surface area (Å²) < 4.78 is 36.7. The van der Waals surface area contributed by atoms with Gasteiger partial charge in [0.1, 0.15) is 0 Å². The second-order valence-corrected chi connectivity index (χ2v) is 4.52. The first kappa shape index (κ1) is 13.2. The van der Waals surface area contributed by atoms with E-state index >= 15 is 0 Å². The second-order valence-electron chi connectivity index (χ2n) is 2.99. The predicted molar refractivity (Wildman–Crippen MR) is 57.3 cm³/mol. The van der Waals surface area contributed by atoms with E-state index < -0.39 is 12.1 Å². The average molecular weight is 266 g/mol. The summed E-state index contributed by atoms with van der Waals surface area (Å²) in [4.78, 5) is 0.622. The molecule has 0 heterocycles. The minimum Gasteiger partial charge on any atom is -0.198 e. The molecule has 1 rings (SSSR count). The summed E-state index contributed by atoms with van der Waals surface area (Å²) in [6.07, 6.45) is -4.47. The van der Waals surface area contributed by atoms with E-state index in [-0.39, 0.29) is 5.75 Å². The van der Waals surface area contributed by atoms with Crippen LogP contribution >= 0.6 is 23.4 Å². The van der Waals surface area contributed by atoms with E-state index in [1.165, 1.54) is 6.07 Å². The molecule has 0 N–H and O–H groups in total. The van der Waals surface area contributed by atoms with Crippen molar-refractivity contribution in [2.24, 2.45) is 5.92 Å². The van der Waals surface area contributed by atoms with Crippen LogP contribution in [0.1, 0.15) is 0 Å². The van der Waals surface area contributed by atoms with Gasteiger partial charge in [0.15, 0.2) is 5.92 Å². The van der Waals surface area contributed by atoms with Crippen molar-refractivity contribution in [2.75, 3.05) is 5.75 Å². The van der Waals surface area contributed by atoms with E-state index in [1.54, 1.807) is 24.3 Å². The van der Waals surface area contributed by atoms with Gasteiger partial charge < -0.3 is 0 Å². The Kier molecular flexibility index (Phi) is 4.51. The third kappa shape index (κ3) is 3.95. The molecule has 0 bridgehead atoms. The van der Waals surface area contributed by atoms with E-state index in [9.17, 15) is 13.2 Å². The van der Waals surface area contributed by atoms with Crippen LogP contribution < -0.4 is 0 Å². The summed E-state index contributed by atoms with van der Waals surface area (Å²) in [6, 6.07) is 7.76. The minimum atomic E-state index is -4.47. The lowest BCUT2D eigenvalue weighted by atomic mass is 10.2. The first-order valence-electron chi connectivity index (χ1n) is 4.28. The zero-order valence-corrected chi connectivity index (χ0v) is 9.53. The maximum atomic E-state index is 12.2. The largest absolute Gasteiger partial charge is 0.405 e. The molecule has 0 amide bonds. The van der Waals surface area contributed by atoms with Crippen LogP contribution in [0.5, 0.6) is 0 Å². The van der Waals surface area contributed by atoms with Gasteiger partial charge in [0.2, 0.25) is 0 Å². The Morgan fingerprint density at radius 1 is 1.44 bits per heavy atom. The molecule has 0 fully saturated rings. The molecule has 0 saturated heterocycles. The van der Waals surface area contributed by atoms with Crippen molar-refractivity contribution >= 4 is 23.4 Å². The van der Waals surface area contributed by atoms with Crippen LogP contribution in [0.3, 0.4) is 0 Å². The van der Waals surface area contributed by atoms with Crippen molar-refractivity contribution in [1.82, 2.24) is 0 Å². The maximum absolute atomic E-state index is 12.2. The summed E-state index contributed by atoms with van der Waals surface area (Å²) in [5.74, 6) is -2.27. The summed E-state index contributed by atoms with van der Waals surface area (Å²) in [5, 5.41) is 8.85. The zero-order chi connectivity index (χ0) is 12.2. The van der Waals surface area contributed by atoms with Crippen molar-refractivity contribution in [3.63, 3.8) is 0 Å². The normalized spacial score (nSPS) is 13.2. The quantitative estimate of drug-likeness (QED) is 0.767. The number of benzene rings is 1. The molecule has 0 spiro atoms. The number of nitrogens with zero attached hydrogens (tertiary/aromatic N) is 1. The van der Waals surface area contributed by atoms with E-state index in [0.717, 1.165) is 11.8 Å². The minimum absolute atomic E-state index is 0.319. The third-order valence-electron chi connectivity index (χ3n) is 1.76. The van der Waals surface area contributed by atoms with Crippen molar-refractivity contribution in [1.29, 1.82) is 5.26 Å². The molecule has 86 valence electrons. The molecule has 1 nitrogen and oxygen atoms in total. The summed E-state index contributed by atoms with van der Waals surface area (Å²) >= 11 is 6.65. The van der Waals surface area contributed by atoms with E-state index in [4.69, 9.17) is 16.9 Å². The second kappa shape index (κ2) is 5.46. The van der Waals surface area contributed by atoms with Gasteiger partial charge in [-0.1, -0.05) is 17.7 Å². The zero-order valence-electron chi connectivity index (χ0n) is 7.96. The lowest BCUT2D eigenvalue weighted by molar-refractivity contribution is -0.152. The summed E-state index contributed by atoms with van der Waals surface area (Å²) in [6.45, 7) is 0. The molecule has 1 atom stereocenters. The molecule has 1 aromatic rings. The first-order chi connectivity index (χ1) is 7.43. The Bertz CT molecular complexity index is 400. The highest BCUT2D eigenvalue weighted by atomic mass is 35.5. The van der Waals surface area contributed by atoms with Crippen LogP contribution in [0.2, 0.25) is 5.02 Å². The molecular weight excluding hydrogens is 259 g/mol. The molecule has 1 aromatic carbocycles. The predicted octanol–water partition coefficient (Wildman–Crippen LogP) is 4.13. The van der Waals surface area contributed by atoms with Gasteiger partial charge in [0, 0.05) is 15.7 Å². The van der Waals surface area contributed by atoms with Crippen LogP contribution in [0, 0.1) is 17.2 Å². The van der Waals surface area contributed by atoms with Gasteiger partial charge in [-0.05, 0) is 18.2 Å². The van der Waals surface area contributed by atoms with Crippen molar-refractivity contribution < 1.29 is 13.2 Å². The molecule has 1 unspecified atom stereocenters. The van der Waals surface area contributed by atoms with E-state index in [2.05, 4.69) is 0 Å². The fourth-order valence-electron chi connectivity index (χ4n) is 0.941. The molecule has 0 aliphatic rings. The number of rotatable bonds is 3. The SMILES string of the molecule is N#CC(CSc1cccc(Cl)c1)C(F)(F)F. The van der Waals surface area contributed by atoms with Crippen molar-refractivity contribution in [2.45, 2.75) is 11.1 Å². The number of thioether (sulfide) groups is 1. The van der Waals surface area contributed by atoms with Gasteiger partial charge in [0.05, 0.1) is 6.07 Å². The van der Waals surface area contributed by atoms with Gasteiger partial charge in [-0.15, -0.1) is 11.8 Å². The Labute approximate surface area is 100 Å². The molecule has 0 saturated carbocycles. The van der Waals surface area contributed by atoms with Crippen molar-refractivity contribution in [3.8, 4) is 6.07 Å². The number of hydrogen-bond acceptors (Lipinski definition) is 2. The molecule has 0 aliphatic heterocycles. The number of nitriles is 1.